The van der Waals surface area contributed by atoms with Crippen LogP contribution in [-0.4, -0.2) is 28.9 Å². The standard InChI is InChI=1S/C15H19N3OS2/c19-14(17-10-12-4-3-8-20-12)11-18-7-2-1-5-13(18)15-16-6-9-21-15/h3-4,6,8-9,13H,1-2,5,7,10-11H2,(H,17,19)/t13-/m1/s1. The second-order valence-electron chi connectivity index (χ2n) is 5.21. The van der Waals surface area contributed by atoms with Crippen molar-refractivity contribution in [1.82, 2.24) is 15.2 Å². The summed E-state index contributed by atoms with van der Waals surface area (Å²) >= 11 is 3.36. The second kappa shape index (κ2) is 7.15. The van der Waals surface area contributed by atoms with Gasteiger partial charge in [-0.2, -0.15) is 0 Å². The third kappa shape index (κ3) is 3.90. The van der Waals surface area contributed by atoms with Crippen LogP contribution >= 0.6 is 22.7 Å². The minimum Gasteiger partial charge on any atom is -0.350 e. The Bertz CT molecular complexity index is 554. The lowest BCUT2D eigenvalue weighted by molar-refractivity contribution is -0.123. The van der Waals surface area contributed by atoms with E-state index >= 15 is 0 Å². The molecule has 3 heterocycles. The molecule has 0 unspecified atom stereocenters. The number of carbonyl (C=O) groups excluding carboxylic acids is 1. The number of carbonyl (C=O) groups is 1. The van der Waals surface area contributed by atoms with Crippen LogP contribution in [0, 0.1) is 0 Å². The van der Waals surface area contributed by atoms with E-state index in [9.17, 15) is 4.79 Å². The van der Waals surface area contributed by atoms with E-state index < -0.39 is 0 Å². The molecule has 21 heavy (non-hydrogen) atoms. The monoisotopic (exact) mass is 321 g/mol. The minimum absolute atomic E-state index is 0.104. The number of nitrogens with one attached hydrogen (secondary N) is 1. The Morgan fingerprint density at radius 1 is 1.38 bits per heavy atom. The van der Waals surface area contributed by atoms with E-state index in [1.54, 1.807) is 22.7 Å². The topological polar surface area (TPSA) is 45.2 Å². The van der Waals surface area contributed by atoms with Crippen molar-refractivity contribution in [2.75, 3.05) is 13.1 Å². The van der Waals surface area contributed by atoms with Crippen LogP contribution in [0.4, 0.5) is 0 Å². The van der Waals surface area contributed by atoms with Gasteiger partial charge < -0.3 is 5.32 Å². The Kier molecular flexibility index (Phi) is 5.00. The first-order chi connectivity index (χ1) is 10.3. The van der Waals surface area contributed by atoms with Crippen molar-refractivity contribution in [2.24, 2.45) is 0 Å². The van der Waals surface area contributed by atoms with Crippen LogP contribution in [0.1, 0.15) is 35.2 Å². The normalized spacial score (nSPS) is 19.5. The molecule has 0 bridgehead atoms. The van der Waals surface area contributed by atoms with Gasteiger partial charge in [-0.05, 0) is 30.8 Å². The number of nitrogens with zero attached hydrogens (tertiary/aromatic N) is 2. The van der Waals surface area contributed by atoms with Crippen molar-refractivity contribution in [3.63, 3.8) is 0 Å². The molecule has 0 spiro atoms. The number of hydrogen-bond acceptors (Lipinski definition) is 5. The lowest BCUT2D eigenvalue weighted by Gasteiger charge is -2.33. The highest BCUT2D eigenvalue weighted by atomic mass is 32.1. The first kappa shape index (κ1) is 14.7. The summed E-state index contributed by atoms with van der Waals surface area (Å²) in [5.74, 6) is 0.104. The van der Waals surface area contributed by atoms with Crippen molar-refractivity contribution in [3.05, 3.63) is 39.0 Å². The smallest absolute Gasteiger partial charge is 0.234 e. The zero-order valence-corrected chi connectivity index (χ0v) is 13.5. The average molecular weight is 321 g/mol. The first-order valence-electron chi connectivity index (χ1n) is 7.25. The van der Waals surface area contributed by atoms with Gasteiger partial charge in [-0.3, -0.25) is 9.69 Å². The summed E-state index contributed by atoms with van der Waals surface area (Å²) < 4.78 is 0. The maximum Gasteiger partial charge on any atom is 0.234 e. The van der Waals surface area contributed by atoms with E-state index in [-0.39, 0.29) is 5.91 Å². The second-order valence-corrected chi connectivity index (χ2v) is 7.17. The minimum atomic E-state index is 0.104. The lowest BCUT2D eigenvalue weighted by atomic mass is 10.0. The summed E-state index contributed by atoms with van der Waals surface area (Å²) in [6.45, 7) is 2.08. The molecule has 112 valence electrons. The van der Waals surface area contributed by atoms with Gasteiger partial charge in [0.1, 0.15) is 5.01 Å². The number of aromatic nitrogens is 1. The van der Waals surface area contributed by atoms with Crippen molar-refractivity contribution in [2.45, 2.75) is 31.8 Å². The zero-order chi connectivity index (χ0) is 14.5. The highest BCUT2D eigenvalue weighted by Crippen LogP contribution is 2.31. The summed E-state index contributed by atoms with van der Waals surface area (Å²) in [5, 5.41) is 8.20. The molecule has 1 amide bonds. The van der Waals surface area contributed by atoms with E-state index in [0.29, 0.717) is 19.1 Å². The number of piperidine rings is 1. The number of thiazole rings is 1. The summed E-state index contributed by atoms with van der Waals surface area (Å²) in [7, 11) is 0. The fourth-order valence-electron chi connectivity index (χ4n) is 2.70. The number of rotatable bonds is 5. The van der Waals surface area contributed by atoms with E-state index in [0.717, 1.165) is 18.0 Å². The molecule has 6 heteroatoms. The zero-order valence-electron chi connectivity index (χ0n) is 11.8. The molecule has 1 aliphatic rings. The van der Waals surface area contributed by atoms with Gasteiger partial charge in [-0.15, -0.1) is 22.7 Å². The molecule has 0 aromatic carbocycles. The quantitative estimate of drug-likeness (QED) is 0.920. The maximum atomic E-state index is 12.2. The van der Waals surface area contributed by atoms with Gasteiger partial charge in [0, 0.05) is 16.5 Å². The summed E-state index contributed by atoms with van der Waals surface area (Å²) in [6, 6.07) is 4.37. The lowest BCUT2D eigenvalue weighted by Crippen LogP contribution is -2.41. The predicted molar refractivity (Wildman–Crippen MR) is 86.4 cm³/mol. The maximum absolute atomic E-state index is 12.2. The van der Waals surface area contributed by atoms with Gasteiger partial charge in [0.05, 0.1) is 19.1 Å². The highest BCUT2D eigenvalue weighted by molar-refractivity contribution is 7.10. The third-order valence-electron chi connectivity index (χ3n) is 3.74. The Balaban J connectivity index is 1.55. The van der Waals surface area contributed by atoms with Crippen LogP contribution in [0.5, 0.6) is 0 Å². The van der Waals surface area contributed by atoms with Gasteiger partial charge in [-0.25, -0.2) is 4.98 Å². The molecule has 0 aliphatic carbocycles. The van der Waals surface area contributed by atoms with Gasteiger partial charge >= 0.3 is 0 Å². The van der Waals surface area contributed by atoms with Gasteiger partial charge in [0.25, 0.3) is 0 Å². The van der Waals surface area contributed by atoms with Gasteiger partial charge in [0.15, 0.2) is 0 Å². The van der Waals surface area contributed by atoms with Crippen LogP contribution in [0.3, 0.4) is 0 Å². The number of hydrogen-bond donors (Lipinski definition) is 1. The van der Waals surface area contributed by atoms with Crippen LogP contribution in [0.15, 0.2) is 29.1 Å². The molecular formula is C15H19N3OS2. The molecule has 2 aromatic rings. The van der Waals surface area contributed by atoms with Gasteiger partial charge in [-0.1, -0.05) is 12.5 Å². The van der Waals surface area contributed by atoms with Crippen LogP contribution in [-0.2, 0) is 11.3 Å². The largest absolute Gasteiger partial charge is 0.350 e. The average Bonchev–Trinajstić information content (AvgIpc) is 3.19. The molecule has 0 radical (unpaired) electrons. The van der Waals surface area contributed by atoms with Gasteiger partial charge in [0.2, 0.25) is 5.91 Å². The molecule has 1 N–H and O–H groups in total. The van der Waals surface area contributed by atoms with E-state index in [4.69, 9.17) is 0 Å². The van der Waals surface area contributed by atoms with Crippen molar-refractivity contribution in [1.29, 1.82) is 0 Å². The Hall–Kier alpha value is -1.24. The first-order valence-corrected chi connectivity index (χ1v) is 9.01. The molecule has 0 saturated carbocycles. The van der Waals surface area contributed by atoms with Crippen LogP contribution in [0.25, 0.3) is 0 Å². The Morgan fingerprint density at radius 3 is 3.10 bits per heavy atom. The van der Waals surface area contributed by atoms with E-state index in [2.05, 4.69) is 15.2 Å². The Morgan fingerprint density at radius 2 is 2.33 bits per heavy atom. The molecule has 2 aromatic heterocycles. The van der Waals surface area contributed by atoms with Crippen molar-refractivity contribution in [3.8, 4) is 0 Å². The van der Waals surface area contributed by atoms with E-state index in [1.807, 2.05) is 29.1 Å². The molecule has 1 fully saturated rings. The number of thiophene rings is 1. The fourth-order valence-corrected chi connectivity index (χ4v) is 4.15. The van der Waals surface area contributed by atoms with Crippen molar-refractivity contribution < 1.29 is 4.79 Å². The summed E-state index contributed by atoms with van der Waals surface area (Å²) in [5.41, 5.74) is 0. The van der Waals surface area contributed by atoms with E-state index in [1.165, 1.54) is 17.7 Å². The molecule has 1 saturated heterocycles. The molecule has 4 nitrogen and oxygen atoms in total. The SMILES string of the molecule is O=C(CN1CCCC[C@@H]1c1nccs1)NCc1cccs1. The van der Waals surface area contributed by atoms with Crippen LogP contribution < -0.4 is 5.32 Å². The molecular weight excluding hydrogens is 302 g/mol. The summed E-state index contributed by atoms with van der Waals surface area (Å²) in [4.78, 5) is 20.1. The highest BCUT2D eigenvalue weighted by Gasteiger charge is 2.27. The Labute approximate surface area is 132 Å². The molecule has 1 aliphatic heterocycles. The molecule has 1 atom stereocenters. The van der Waals surface area contributed by atoms with Crippen molar-refractivity contribution >= 4 is 28.6 Å². The fraction of sp³-hybridized carbons (Fsp3) is 0.467. The third-order valence-corrected chi connectivity index (χ3v) is 5.49. The van der Waals surface area contributed by atoms with Crippen LogP contribution in [0.2, 0.25) is 0 Å². The number of amides is 1. The summed E-state index contributed by atoms with van der Waals surface area (Å²) in [6.07, 6.45) is 5.34. The number of likely N-dealkylation sites (tertiary alicyclic amines) is 1. The predicted octanol–water partition coefficient (Wildman–Crippen LogP) is 3.05. The molecule has 3 rings (SSSR count).